The van der Waals surface area contributed by atoms with E-state index >= 15 is 0 Å². The number of halogens is 1. The van der Waals surface area contributed by atoms with Crippen molar-refractivity contribution in [2.45, 2.75) is 33.1 Å². The van der Waals surface area contributed by atoms with Crippen LogP contribution < -0.4 is 0 Å². The molecule has 0 aliphatic rings. The van der Waals surface area contributed by atoms with Crippen LogP contribution in [0, 0.1) is 0 Å². The fraction of sp³-hybridized carbons (Fsp3) is 0.714. The summed E-state index contributed by atoms with van der Waals surface area (Å²) in [5.41, 5.74) is 1.58. The zero-order valence-electron chi connectivity index (χ0n) is 5.58. The molecule has 0 aromatic carbocycles. The first kappa shape index (κ1) is 8.47. The van der Waals surface area contributed by atoms with Crippen molar-refractivity contribution in [3.05, 3.63) is 9.66 Å². The molecule has 0 saturated carbocycles. The maximum atomic E-state index is 2.31. The largest absolute Gasteiger partial charge is 0.0651 e. The summed E-state index contributed by atoms with van der Waals surface area (Å²) in [5, 5.41) is 0. The van der Waals surface area contributed by atoms with Crippen LogP contribution in [0.15, 0.2) is 9.66 Å². The first-order valence-corrected chi connectivity index (χ1v) is 4.37. The average Bonchev–Trinajstić information content (AvgIpc) is 1.83. The van der Waals surface area contributed by atoms with Crippen molar-refractivity contribution in [2.24, 2.45) is 0 Å². The first-order chi connectivity index (χ1) is 3.85. The standard InChI is InChI=1S/C7H13I/c1-3-5-7(4-2)6-8/h6H,3-5H2,1-2H3. The molecule has 0 amide bonds. The topological polar surface area (TPSA) is 0 Å². The van der Waals surface area contributed by atoms with Gasteiger partial charge in [0, 0.05) is 0 Å². The highest BCUT2D eigenvalue weighted by Gasteiger charge is 1.87. The summed E-state index contributed by atoms with van der Waals surface area (Å²) in [4.78, 5) is 0. The molecule has 0 radical (unpaired) electrons. The van der Waals surface area contributed by atoms with Gasteiger partial charge in [0.2, 0.25) is 0 Å². The van der Waals surface area contributed by atoms with Gasteiger partial charge in [-0.3, -0.25) is 0 Å². The molecule has 1 heteroatoms. The molecule has 0 aromatic rings. The molecule has 0 saturated heterocycles. The highest BCUT2D eigenvalue weighted by atomic mass is 127. The Labute approximate surface area is 65.5 Å². The maximum Gasteiger partial charge on any atom is -0.0242 e. The van der Waals surface area contributed by atoms with Gasteiger partial charge in [-0.1, -0.05) is 48.4 Å². The monoisotopic (exact) mass is 224 g/mol. The fourth-order valence-electron chi connectivity index (χ4n) is 0.630. The van der Waals surface area contributed by atoms with Gasteiger partial charge in [0.1, 0.15) is 0 Å². The van der Waals surface area contributed by atoms with E-state index in [2.05, 4.69) is 40.5 Å². The molecule has 0 aliphatic heterocycles. The quantitative estimate of drug-likeness (QED) is 0.643. The molecule has 0 unspecified atom stereocenters. The molecular weight excluding hydrogens is 211 g/mol. The van der Waals surface area contributed by atoms with Gasteiger partial charge >= 0.3 is 0 Å². The highest BCUT2D eigenvalue weighted by Crippen LogP contribution is 2.10. The second-order valence-electron chi connectivity index (χ2n) is 1.87. The lowest BCUT2D eigenvalue weighted by Gasteiger charge is -1.96. The molecular formula is C7H13I. The average molecular weight is 224 g/mol. The van der Waals surface area contributed by atoms with E-state index in [0.717, 1.165) is 0 Å². The Balaban J connectivity index is 3.38. The van der Waals surface area contributed by atoms with Crippen LogP contribution in [-0.2, 0) is 0 Å². The number of rotatable bonds is 3. The molecule has 48 valence electrons. The Kier molecular flexibility index (Phi) is 5.93. The third kappa shape index (κ3) is 3.47. The molecule has 0 nitrogen and oxygen atoms in total. The van der Waals surface area contributed by atoms with Gasteiger partial charge in [-0.15, -0.1) is 0 Å². The predicted molar refractivity (Wildman–Crippen MR) is 47.3 cm³/mol. The molecule has 0 rings (SSSR count). The van der Waals surface area contributed by atoms with E-state index in [4.69, 9.17) is 0 Å². The van der Waals surface area contributed by atoms with Crippen LogP contribution in [0.4, 0.5) is 0 Å². The number of hydrogen-bond donors (Lipinski definition) is 0. The van der Waals surface area contributed by atoms with Crippen LogP contribution >= 0.6 is 22.6 Å². The molecule has 0 bridgehead atoms. The van der Waals surface area contributed by atoms with Crippen molar-refractivity contribution in [1.82, 2.24) is 0 Å². The predicted octanol–water partition coefficient (Wildman–Crippen LogP) is 3.52. The van der Waals surface area contributed by atoms with Crippen molar-refractivity contribution in [2.75, 3.05) is 0 Å². The van der Waals surface area contributed by atoms with Crippen LogP contribution in [0.1, 0.15) is 33.1 Å². The highest BCUT2D eigenvalue weighted by molar-refractivity contribution is 14.1. The summed E-state index contributed by atoms with van der Waals surface area (Å²) in [6.07, 6.45) is 3.78. The summed E-state index contributed by atoms with van der Waals surface area (Å²) in [6.45, 7) is 4.43. The lowest BCUT2D eigenvalue weighted by atomic mass is 10.1. The summed E-state index contributed by atoms with van der Waals surface area (Å²) >= 11 is 2.31. The summed E-state index contributed by atoms with van der Waals surface area (Å²) in [7, 11) is 0. The van der Waals surface area contributed by atoms with E-state index in [1.807, 2.05) is 0 Å². The maximum absolute atomic E-state index is 2.31. The smallest absolute Gasteiger partial charge is 0.0242 e. The number of hydrogen-bond acceptors (Lipinski definition) is 0. The van der Waals surface area contributed by atoms with E-state index in [-0.39, 0.29) is 0 Å². The molecule has 0 atom stereocenters. The molecule has 0 aliphatic carbocycles. The van der Waals surface area contributed by atoms with Gasteiger partial charge in [-0.25, -0.2) is 0 Å². The lowest BCUT2D eigenvalue weighted by Crippen LogP contribution is -1.75. The number of allylic oxidation sites excluding steroid dienone is 1. The van der Waals surface area contributed by atoms with Gasteiger partial charge in [0.25, 0.3) is 0 Å². The zero-order valence-corrected chi connectivity index (χ0v) is 7.73. The summed E-state index contributed by atoms with van der Waals surface area (Å²) in [6, 6.07) is 0. The second-order valence-corrected chi connectivity index (χ2v) is 2.49. The van der Waals surface area contributed by atoms with Gasteiger partial charge in [0.15, 0.2) is 0 Å². The third-order valence-corrected chi connectivity index (χ3v) is 2.06. The summed E-state index contributed by atoms with van der Waals surface area (Å²) in [5.74, 6) is 0. The van der Waals surface area contributed by atoms with Gasteiger partial charge in [-0.05, 0) is 16.9 Å². The third-order valence-electron chi connectivity index (χ3n) is 1.18. The van der Waals surface area contributed by atoms with Crippen molar-refractivity contribution < 1.29 is 0 Å². The van der Waals surface area contributed by atoms with E-state index in [1.54, 1.807) is 5.57 Å². The zero-order chi connectivity index (χ0) is 6.41. The van der Waals surface area contributed by atoms with E-state index in [0.29, 0.717) is 0 Å². The minimum Gasteiger partial charge on any atom is -0.0651 e. The molecule has 0 spiro atoms. The second kappa shape index (κ2) is 5.60. The van der Waals surface area contributed by atoms with Crippen LogP contribution in [0.3, 0.4) is 0 Å². The molecule has 0 heterocycles. The first-order valence-electron chi connectivity index (χ1n) is 3.13. The Morgan fingerprint density at radius 2 is 2.12 bits per heavy atom. The SMILES string of the molecule is CCCC(=CI)CC. The van der Waals surface area contributed by atoms with Crippen LogP contribution in [0.5, 0.6) is 0 Å². The van der Waals surface area contributed by atoms with Crippen LogP contribution in [0.2, 0.25) is 0 Å². The Morgan fingerprint density at radius 1 is 1.50 bits per heavy atom. The minimum atomic E-state index is 1.22. The Bertz CT molecular complexity index is 74.5. The molecule has 0 aromatic heterocycles. The Hall–Kier alpha value is 0.470. The van der Waals surface area contributed by atoms with Crippen molar-refractivity contribution >= 4 is 22.6 Å². The van der Waals surface area contributed by atoms with E-state index in [1.165, 1.54) is 19.3 Å². The van der Waals surface area contributed by atoms with Crippen LogP contribution in [-0.4, -0.2) is 0 Å². The van der Waals surface area contributed by atoms with E-state index in [9.17, 15) is 0 Å². The van der Waals surface area contributed by atoms with Gasteiger partial charge in [0.05, 0.1) is 0 Å². The summed E-state index contributed by atoms with van der Waals surface area (Å²) < 4.78 is 2.20. The fourth-order valence-corrected chi connectivity index (χ4v) is 1.38. The van der Waals surface area contributed by atoms with Gasteiger partial charge < -0.3 is 0 Å². The van der Waals surface area contributed by atoms with Crippen molar-refractivity contribution in [3.63, 3.8) is 0 Å². The minimum absolute atomic E-state index is 1.22. The molecule has 0 fully saturated rings. The van der Waals surface area contributed by atoms with Crippen molar-refractivity contribution in [3.8, 4) is 0 Å². The molecule has 0 N–H and O–H groups in total. The lowest BCUT2D eigenvalue weighted by molar-refractivity contribution is 0.863. The Morgan fingerprint density at radius 3 is 2.25 bits per heavy atom. The van der Waals surface area contributed by atoms with E-state index < -0.39 is 0 Å². The van der Waals surface area contributed by atoms with Crippen LogP contribution in [0.25, 0.3) is 0 Å². The molecule has 8 heavy (non-hydrogen) atoms. The normalized spacial score (nSPS) is 12.1. The van der Waals surface area contributed by atoms with Crippen molar-refractivity contribution in [1.29, 1.82) is 0 Å². The van der Waals surface area contributed by atoms with Gasteiger partial charge in [-0.2, -0.15) is 0 Å².